The minimum atomic E-state index is 0.566. The highest BCUT2D eigenvalue weighted by molar-refractivity contribution is 5.49. The maximum absolute atomic E-state index is 5.39. The highest BCUT2D eigenvalue weighted by Gasteiger charge is 2.26. The highest BCUT2D eigenvalue weighted by atomic mass is 16.5. The zero-order valence-corrected chi connectivity index (χ0v) is 12.7. The van der Waals surface area contributed by atoms with Crippen LogP contribution in [0.15, 0.2) is 33.4 Å². The SMILES string of the molecule is CCC1CN(Cc2cc(-c3ccco3)on2)C(CC)CN1. The van der Waals surface area contributed by atoms with Gasteiger partial charge in [-0.25, -0.2) is 0 Å². The van der Waals surface area contributed by atoms with Crippen molar-refractivity contribution in [2.24, 2.45) is 0 Å². The lowest BCUT2D eigenvalue weighted by Gasteiger charge is -2.39. The van der Waals surface area contributed by atoms with Crippen LogP contribution in [0.3, 0.4) is 0 Å². The first-order chi connectivity index (χ1) is 10.3. The van der Waals surface area contributed by atoms with E-state index >= 15 is 0 Å². The van der Waals surface area contributed by atoms with Crippen molar-refractivity contribution < 1.29 is 8.94 Å². The van der Waals surface area contributed by atoms with E-state index in [9.17, 15) is 0 Å². The molecule has 0 aliphatic carbocycles. The van der Waals surface area contributed by atoms with Gasteiger partial charge in [0.15, 0.2) is 5.76 Å². The van der Waals surface area contributed by atoms with Crippen molar-refractivity contribution in [2.45, 2.75) is 45.3 Å². The number of rotatable bonds is 5. The van der Waals surface area contributed by atoms with Crippen LogP contribution in [-0.4, -0.2) is 35.2 Å². The average Bonchev–Trinajstić information content (AvgIpc) is 3.18. The quantitative estimate of drug-likeness (QED) is 0.917. The number of furan rings is 1. The lowest BCUT2D eigenvalue weighted by atomic mass is 10.0. The molecule has 2 aromatic heterocycles. The first kappa shape index (κ1) is 14.4. The van der Waals surface area contributed by atoms with Crippen LogP contribution in [0.4, 0.5) is 0 Å². The van der Waals surface area contributed by atoms with Crippen molar-refractivity contribution in [1.29, 1.82) is 0 Å². The standard InChI is InChI=1S/C16H23N3O2/c1-3-12-10-19(14(4-2)9-17-12)11-13-8-16(21-18-13)15-6-5-7-20-15/h5-8,12,14,17H,3-4,9-11H2,1-2H3. The van der Waals surface area contributed by atoms with Gasteiger partial charge in [0.25, 0.3) is 0 Å². The summed E-state index contributed by atoms with van der Waals surface area (Å²) in [4.78, 5) is 2.51. The van der Waals surface area contributed by atoms with Crippen LogP contribution in [0.5, 0.6) is 0 Å². The molecule has 114 valence electrons. The Morgan fingerprint density at radius 2 is 2.24 bits per heavy atom. The van der Waals surface area contributed by atoms with Gasteiger partial charge in [0.2, 0.25) is 5.76 Å². The first-order valence-electron chi connectivity index (χ1n) is 7.77. The number of nitrogens with zero attached hydrogens (tertiary/aromatic N) is 2. The van der Waals surface area contributed by atoms with E-state index in [4.69, 9.17) is 8.94 Å². The molecule has 5 heteroatoms. The zero-order valence-electron chi connectivity index (χ0n) is 12.7. The molecule has 3 heterocycles. The summed E-state index contributed by atoms with van der Waals surface area (Å²) in [6, 6.07) is 6.86. The molecule has 21 heavy (non-hydrogen) atoms. The normalized spacial score (nSPS) is 23.5. The Hall–Kier alpha value is -1.59. The smallest absolute Gasteiger partial charge is 0.202 e. The Morgan fingerprint density at radius 1 is 1.33 bits per heavy atom. The molecule has 0 amide bonds. The van der Waals surface area contributed by atoms with Crippen molar-refractivity contribution >= 4 is 0 Å². The van der Waals surface area contributed by atoms with Crippen LogP contribution < -0.4 is 5.32 Å². The van der Waals surface area contributed by atoms with Crippen LogP contribution in [0.1, 0.15) is 32.4 Å². The fourth-order valence-corrected chi connectivity index (χ4v) is 2.93. The summed E-state index contributed by atoms with van der Waals surface area (Å²) in [6.07, 6.45) is 3.95. The van der Waals surface area contributed by atoms with Crippen LogP contribution >= 0.6 is 0 Å². The van der Waals surface area contributed by atoms with Crippen molar-refractivity contribution in [2.75, 3.05) is 13.1 Å². The van der Waals surface area contributed by atoms with Gasteiger partial charge in [0.05, 0.1) is 12.0 Å². The van der Waals surface area contributed by atoms with E-state index in [1.807, 2.05) is 18.2 Å². The van der Waals surface area contributed by atoms with Gasteiger partial charge in [-0.2, -0.15) is 0 Å². The van der Waals surface area contributed by atoms with E-state index in [-0.39, 0.29) is 0 Å². The minimum Gasteiger partial charge on any atom is -0.461 e. The zero-order chi connectivity index (χ0) is 14.7. The highest BCUT2D eigenvalue weighted by Crippen LogP contribution is 2.22. The van der Waals surface area contributed by atoms with Gasteiger partial charge >= 0.3 is 0 Å². The minimum absolute atomic E-state index is 0.566. The van der Waals surface area contributed by atoms with Crippen molar-refractivity contribution in [3.05, 3.63) is 30.2 Å². The van der Waals surface area contributed by atoms with Gasteiger partial charge < -0.3 is 14.3 Å². The molecule has 3 rings (SSSR count). The van der Waals surface area contributed by atoms with Crippen LogP contribution in [0, 0.1) is 0 Å². The Morgan fingerprint density at radius 3 is 2.95 bits per heavy atom. The molecule has 2 unspecified atom stereocenters. The fraction of sp³-hybridized carbons (Fsp3) is 0.562. The van der Waals surface area contributed by atoms with Crippen molar-refractivity contribution in [3.8, 4) is 11.5 Å². The van der Waals surface area contributed by atoms with Crippen molar-refractivity contribution in [1.82, 2.24) is 15.4 Å². The fourth-order valence-electron chi connectivity index (χ4n) is 2.93. The number of nitrogens with one attached hydrogen (secondary N) is 1. The van der Waals surface area contributed by atoms with E-state index in [1.54, 1.807) is 6.26 Å². The number of aromatic nitrogens is 1. The van der Waals surface area contributed by atoms with Crippen LogP contribution in [-0.2, 0) is 6.54 Å². The second kappa shape index (κ2) is 6.45. The molecule has 2 atom stereocenters. The molecule has 2 aromatic rings. The monoisotopic (exact) mass is 289 g/mol. The van der Waals surface area contributed by atoms with Gasteiger partial charge in [0.1, 0.15) is 0 Å². The molecule has 1 aliphatic heterocycles. The van der Waals surface area contributed by atoms with Gasteiger partial charge in [-0.05, 0) is 25.0 Å². The second-order valence-electron chi connectivity index (χ2n) is 5.66. The molecule has 1 saturated heterocycles. The van der Waals surface area contributed by atoms with E-state index < -0.39 is 0 Å². The first-order valence-corrected chi connectivity index (χ1v) is 7.77. The van der Waals surface area contributed by atoms with E-state index in [0.717, 1.165) is 43.9 Å². The summed E-state index contributed by atoms with van der Waals surface area (Å²) in [6.45, 7) is 7.42. The molecule has 0 radical (unpaired) electrons. The van der Waals surface area contributed by atoms with E-state index in [1.165, 1.54) is 0 Å². The van der Waals surface area contributed by atoms with Gasteiger partial charge in [-0.1, -0.05) is 19.0 Å². The topological polar surface area (TPSA) is 54.4 Å². The van der Waals surface area contributed by atoms with Crippen molar-refractivity contribution in [3.63, 3.8) is 0 Å². The summed E-state index contributed by atoms with van der Waals surface area (Å²) in [5, 5.41) is 7.80. The van der Waals surface area contributed by atoms with Gasteiger partial charge in [0, 0.05) is 37.8 Å². The average molecular weight is 289 g/mol. The predicted molar refractivity (Wildman–Crippen MR) is 80.8 cm³/mol. The maximum Gasteiger partial charge on any atom is 0.202 e. The molecular formula is C16H23N3O2. The van der Waals surface area contributed by atoms with E-state index in [2.05, 4.69) is 29.2 Å². The molecule has 0 spiro atoms. The summed E-state index contributed by atoms with van der Waals surface area (Å²) in [5.41, 5.74) is 0.969. The second-order valence-corrected chi connectivity index (χ2v) is 5.66. The third-order valence-corrected chi connectivity index (χ3v) is 4.27. The Balaban J connectivity index is 1.69. The van der Waals surface area contributed by atoms with Gasteiger partial charge in [-0.3, -0.25) is 4.90 Å². The Labute approximate surface area is 125 Å². The van der Waals surface area contributed by atoms with Crippen LogP contribution in [0.25, 0.3) is 11.5 Å². The Kier molecular flexibility index (Phi) is 4.41. The molecule has 0 aromatic carbocycles. The third kappa shape index (κ3) is 3.19. The molecule has 0 bridgehead atoms. The number of hydrogen-bond donors (Lipinski definition) is 1. The van der Waals surface area contributed by atoms with Gasteiger partial charge in [-0.15, -0.1) is 0 Å². The molecular weight excluding hydrogens is 266 g/mol. The summed E-state index contributed by atoms with van der Waals surface area (Å²) in [5.74, 6) is 1.43. The van der Waals surface area contributed by atoms with E-state index in [0.29, 0.717) is 17.8 Å². The molecule has 1 fully saturated rings. The summed E-state index contributed by atoms with van der Waals surface area (Å²) >= 11 is 0. The lowest BCUT2D eigenvalue weighted by molar-refractivity contribution is 0.114. The molecule has 0 saturated carbocycles. The molecule has 5 nitrogen and oxygen atoms in total. The predicted octanol–water partition coefficient (Wildman–Crippen LogP) is 2.90. The Bertz CT molecular complexity index is 550. The maximum atomic E-state index is 5.39. The third-order valence-electron chi connectivity index (χ3n) is 4.27. The molecule has 1 N–H and O–H groups in total. The lowest BCUT2D eigenvalue weighted by Crippen LogP contribution is -2.55. The largest absolute Gasteiger partial charge is 0.461 e. The number of piperazine rings is 1. The number of hydrogen-bond acceptors (Lipinski definition) is 5. The summed E-state index contributed by atoms with van der Waals surface area (Å²) < 4.78 is 10.7. The summed E-state index contributed by atoms with van der Waals surface area (Å²) in [7, 11) is 0. The van der Waals surface area contributed by atoms with Crippen LogP contribution in [0.2, 0.25) is 0 Å². The molecule has 1 aliphatic rings.